The Hall–Kier alpha value is -3.56. The van der Waals surface area contributed by atoms with E-state index in [1.807, 2.05) is 55.5 Å². The molecule has 1 atom stereocenters. The fraction of sp³-hybridized carbons (Fsp3) is 0.375. The Morgan fingerprint density at radius 1 is 1.00 bits per heavy atom. The van der Waals surface area contributed by atoms with Gasteiger partial charge in [0.05, 0.1) is 19.1 Å². The van der Waals surface area contributed by atoms with Gasteiger partial charge in [0.1, 0.15) is 18.3 Å². The molecule has 0 radical (unpaired) electrons. The Kier molecular flexibility index (Phi) is 10.5. The number of hydrogen-bond donors (Lipinski definition) is 1. The fourth-order valence-corrected chi connectivity index (χ4v) is 6.26. The summed E-state index contributed by atoms with van der Waals surface area (Å²) >= 11 is 6.32. The van der Waals surface area contributed by atoms with Crippen molar-refractivity contribution in [1.29, 1.82) is 0 Å². The summed E-state index contributed by atoms with van der Waals surface area (Å²) in [5, 5.41) is 3.55. The highest BCUT2D eigenvalue weighted by Crippen LogP contribution is 2.26. The number of nitrogens with one attached hydrogen (secondary N) is 1. The summed E-state index contributed by atoms with van der Waals surface area (Å²) in [6.07, 6.45) is 5.19. The molecule has 0 saturated heterocycles. The third-order valence-corrected chi connectivity index (χ3v) is 9.13. The lowest BCUT2D eigenvalue weighted by molar-refractivity contribution is -0.140. The van der Waals surface area contributed by atoms with Crippen LogP contribution in [-0.4, -0.2) is 57.1 Å². The molecule has 224 valence electrons. The minimum absolute atomic E-state index is 0.0479. The van der Waals surface area contributed by atoms with Gasteiger partial charge in [0.2, 0.25) is 21.8 Å². The Morgan fingerprint density at radius 2 is 1.69 bits per heavy atom. The SMILES string of the molecule is COc1cccc(CN(C(=O)CN(c2ccc(C)c(Cl)c2)S(C)(=O)=O)[C@@H](Cc2ccccc2)C(=O)NC2CCCC2)c1. The first-order chi connectivity index (χ1) is 20.0. The fourth-order valence-electron chi connectivity index (χ4n) is 5.24. The standard InChI is InChI=1S/C32H38ClN3O5S/c1-23-16-17-27(20-29(23)33)36(42(3,39)40)22-31(37)35(21-25-12-9-15-28(18-25)41-2)30(19-24-10-5-4-6-11-24)32(38)34-26-13-7-8-14-26/h4-6,9-12,15-18,20,26,30H,7-8,13-14,19,21-22H2,1-3H3,(H,34,38)/t30-/m0/s1. The molecule has 1 fully saturated rings. The Labute approximate surface area is 253 Å². The van der Waals surface area contributed by atoms with E-state index in [9.17, 15) is 18.0 Å². The highest BCUT2D eigenvalue weighted by atomic mass is 35.5. The van der Waals surface area contributed by atoms with Gasteiger partial charge in [-0.3, -0.25) is 13.9 Å². The third-order valence-electron chi connectivity index (χ3n) is 7.58. The largest absolute Gasteiger partial charge is 0.497 e. The number of sulfonamides is 1. The smallest absolute Gasteiger partial charge is 0.244 e. The molecule has 1 N–H and O–H groups in total. The van der Waals surface area contributed by atoms with Gasteiger partial charge in [0.15, 0.2) is 0 Å². The molecule has 1 saturated carbocycles. The zero-order valence-corrected chi connectivity index (χ0v) is 25.8. The number of nitrogens with zero attached hydrogens (tertiary/aromatic N) is 2. The number of carbonyl (C=O) groups excluding carboxylic acids is 2. The molecule has 0 aliphatic heterocycles. The Morgan fingerprint density at radius 3 is 2.33 bits per heavy atom. The van der Waals surface area contributed by atoms with Crippen LogP contribution in [-0.2, 0) is 32.6 Å². The van der Waals surface area contributed by atoms with E-state index < -0.39 is 28.5 Å². The second-order valence-corrected chi connectivity index (χ2v) is 13.1. The zero-order valence-electron chi connectivity index (χ0n) is 24.3. The predicted octanol–water partition coefficient (Wildman–Crippen LogP) is 5.12. The molecule has 0 bridgehead atoms. The van der Waals surface area contributed by atoms with Crippen molar-refractivity contribution in [1.82, 2.24) is 10.2 Å². The van der Waals surface area contributed by atoms with Crippen LogP contribution >= 0.6 is 11.6 Å². The van der Waals surface area contributed by atoms with E-state index in [0.717, 1.165) is 52.9 Å². The normalized spacial score (nSPS) is 14.3. The molecule has 8 nitrogen and oxygen atoms in total. The predicted molar refractivity (Wildman–Crippen MR) is 166 cm³/mol. The van der Waals surface area contributed by atoms with E-state index in [2.05, 4.69) is 5.32 Å². The molecular weight excluding hydrogens is 574 g/mol. The quantitative estimate of drug-likeness (QED) is 0.307. The molecule has 42 heavy (non-hydrogen) atoms. The number of aryl methyl sites for hydroxylation is 1. The number of rotatable bonds is 12. The van der Waals surface area contributed by atoms with Crippen LogP contribution in [0.4, 0.5) is 5.69 Å². The lowest BCUT2D eigenvalue weighted by atomic mass is 10.0. The molecular formula is C32H38ClN3O5S. The molecule has 10 heteroatoms. The minimum Gasteiger partial charge on any atom is -0.497 e. The van der Waals surface area contributed by atoms with Crippen LogP contribution in [0.1, 0.15) is 42.4 Å². The average molecular weight is 612 g/mol. The summed E-state index contributed by atoms with van der Waals surface area (Å²) in [6.45, 7) is 1.40. The first-order valence-corrected chi connectivity index (χ1v) is 16.3. The van der Waals surface area contributed by atoms with Gasteiger partial charge in [0, 0.05) is 24.0 Å². The lowest BCUT2D eigenvalue weighted by Crippen LogP contribution is -2.54. The molecule has 1 aliphatic rings. The number of halogens is 1. The first-order valence-electron chi connectivity index (χ1n) is 14.1. The van der Waals surface area contributed by atoms with E-state index >= 15 is 0 Å². The lowest BCUT2D eigenvalue weighted by Gasteiger charge is -2.34. The first kappa shape index (κ1) is 31.4. The van der Waals surface area contributed by atoms with Crippen molar-refractivity contribution in [3.63, 3.8) is 0 Å². The number of methoxy groups -OCH3 is 1. The molecule has 1 aliphatic carbocycles. The summed E-state index contributed by atoms with van der Waals surface area (Å²) in [7, 11) is -2.32. The van der Waals surface area contributed by atoms with E-state index in [1.165, 1.54) is 11.0 Å². The Balaban J connectivity index is 1.74. The second-order valence-electron chi connectivity index (χ2n) is 10.8. The van der Waals surface area contributed by atoms with E-state index in [4.69, 9.17) is 16.3 Å². The maximum atomic E-state index is 14.2. The van der Waals surface area contributed by atoms with Gasteiger partial charge in [-0.1, -0.05) is 73.0 Å². The average Bonchev–Trinajstić information content (AvgIpc) is 3.48. The molecule has 0 heterocycles. The third kappa shape index (κ3) is 8.26. The van der Waals surface area contributed by atoms with Gasteiger partial charge < -0.3 is 15.0 Å². The van der Waals surface area contributed by atoms with E-state index in [1.54, 1.807) is 25.3 Å². The maximum Gasteiger partial charge on any atom is 0.244 e. The van der Waals surface area contributed by atoms with Gasteiger partial charge in [-0.2, -0.15) is 0 Å². The van der Waals surface area contributed by atoms with Crippen molar-refractivity contribution >= 4 is 39.1 Å². The number of amides is 2. The summed E-state index contributed by atoms with van der Waals surface area (Å²) in [5.41, 5.74) is 2.70. The summed E-state index contributed by atoms with van der Waals surface area (Å²) in [5.74, 6) is -0.157. The summed E-state index contributed by atoms with van der Waals surface area (Å²) in [6, 6.07) is 20.8. The summed E-state index contributed by atoms with van der Waals surface area (Å²) in [4.78, 5) is 29.6. The van der Waals surface area contributed by atoms with Crippen molar-refractivity contribution < 1.29 is 22.7 Å². The molecule has 0 unspecified atom stereocenters. The van der Waals surface area contributed by atoms with Gasteiger partial charge in [0.25, 0.3) is 0 Å². The molecule has 3 aromatic rings. The van der Waals surface area contributed by atoms with Gasteiger partial charge in [-0.15, -0.1) is 0 Å². The van der Waals surface area contributed by atoms with Gasteiger partial charge in [-0.05, 0) is 60.7 Å². The highest BCUT2D eigenvalue weighted by molar-refractivity contribution is 7.92. The topological polar surface area (TPSA) is 96.0 Å². The van der Waals surface area contributed by atoms with Crippen LogP contribution in [0.15, 0.2) is 72.8 Å². The molecule has 3 aromatic carbocycles. The van der Waals surface area contributed by atoms with E-state index in [0.29, 0.717) is 10.8 Å². The van der Waals surface area contributed by atoms with Crippen LogP contribution in [0.5, 0.6) is 5.75 Å². The van der Waals surface area contributed by atoms with Crippen molar-refractivity contribution in [2.24, 2.45) is 0 Å². The van der Waals surface area contributed by atoms with Gasteiger partial charge >= 0.3 is 0 Å². The van der Waals surface area contributed by atoms with Crippen molar-refractivity contribution in [2.45, 2.75) is 57.7 Å². The van der Waals surface area contributed by atoms with Crippen molar-refractivity contribution in [3.05, 3.63) is 94.5 Å². The van der Waals surface area contributed by atoms with Crippen LogP contribution in [0.2, 0.25) is 5.02 Å². The van der Waals surface area contributed by atoms with E-state index in [-0.39, 0.29) is 30.6 Å². The molecule has 4 rings (SSSR count). The van der Waals surface area contributed by atoms with Crippen LogP contribution in [0, 0.1) is 6.92 Å². The van der Waals surface area contributed by atoms with Crippen molar-refractivity contribution in [2.75, 3.05) is 24.2 Å². The number of hydrogen-bond acceptors (Lipinski definition) is 5. The number of carbonyl (C=O) groups is 2. The zero-order chi connectivity index (χ0) is 30.3. The van der Waals surface area contributed by atoms with Crippen LogP contribution in [0.3, 0.4) is 0 Å². The number of anilines is 1. The monoisotopic (exact) mass is 611 g/mol. The van der Waals surface area contributed by atoms with Crippen LogP contribution in [0.25, 0.3) is 0 Å². The number of ether oxygens (including phenoxy) is 1. The van der Waals surface area contributed by atoms with Crippen LogP contribution < -0.4 is 14.4 Å². The molecule has 0 spiro atoms. The number of benzene rings is 3. The van der Waals surface area contributed by atoms with Crippen molar-refractivity contribution in [3.8, 4) is 5.75 Å². The maximum absolute atomic E-state index is 14.2. The molecule has 0 aromatic heterocycles. The van der Waals surface area contributed by atoms with Gasteiger partial charge in [-0.25, -0.2) is 8.42 Å². The summed E-state index contributed by atoms with van der Waals surface area (Å²) < 4.78 is 32.4. The minimum atomic E-state index is -3.88. The molecule has 2 amide bonds. The second kappa shape index (κ2) is 14.1. The Bertz CT molecular complexity index is 1490. The highest BCUT2D eigenvalue weighted by Gasteiger charge is 2.34.